The summed E-state index contributed by atoms with van der Waals surface area (Å²) in [4.78, 5) is 3.99. The van der Waals surface area contributed by atoms with Crippen LogP contribution in [0.4, 0.5) is 0 Å². The fourth-order valence-electron chi connectivity index (χ4n) is 1.98. The second-order valence-corrected chi connectivity index (χ2v) is 4.75. The highest BCUT2D eigenvalue weighted by molar-refractivity contribution is 5.30. The predicted octanol–water partition coefficient (Wildman–Crippen LogP) is 2.20. The molecule has 1 heterocycles. The van der Waals surface area contributed by atoms with Gasteiger partial charge in [0, 0.05) is 18.0 Å². The first-order chi connectivity index (χ1) is 8.46. The molecule has 0 amide bonds. The van der Waals surface area contributed by atoms with Crippen LogP contribution in [-0.2, 0) is 11.2 Å². The highest BCUT2D eigenvalue weighted by Gasteiger charge is 2.44. The Morgan fingerprint density at radius 3 is 1.94 bits per heavy atom. The van der Waals surface area contributed by atoms with Crippen molar-refractivity contribution in [3.05, 3.63) is 66.0 Å². The first-order valence-electron chi connectivity index (χ1n) is 5.87. The number of nitrogens with zero attached hydrogens (tertiary/aromatic N) is 1. The first-order valence-corrected chi connectivity index (χ1v) is 5.87. The molecule has 3 heteroatoms. The van der Waals surface area contributed by atoms with E-state index in [2.05, 4.69) is 4.98 Å². The summed E-state index contributed by atoms with van der Waals surface area (Å²) >= 11 is 0. The molecule has 0 saturated carbocycles. The van der Waals surface area contributed by atoms with Crippen molar-refractivity contribution in [3.8, 4) is 0 Å². The minimum atomic E-state index is -1.41. The third-order valence-electron chi connectivity index (χ3n) is 3.51. The van der Waals surface area contributed by atoms with Crippen molar-refractivity contribution in [2.24, 2.45) is 0 Å². The fourth-order valence-corrected chi connectivity index (χ4v) is 1.98. The third-order valence-corrected chi connectivity index (χ3v) is 3.51. The molecule has 2 aromatic rings. The van der Waals surface area contributed by atoms with Gasteiger partial charge in [0.15, 0.2) is 0 Å². The summed E-state index contributed by atoms with van der Waals surface area (Å²) in [6.07, 6.45) is 3.20. The van der Waals surface area contributed by atoms with Gasteiger partial charge in [-0.05, 0) is 25.5 Å². The van der Waals surface area contributed by atoms with Crippen molar-refractivity contribution in [1.29, 1.82) is 0 Å². The zero-order chi connectivity index (χ0) is 13.2. The first kappa shape index (κ1) is 12.7. The van der Waals surface area contributed by atoms with Gasteiger partial charge in [0.25, 0.3) is 0 Å². The average Bonchev–Trinajstić information content (AvgIpc) is 2.40. The van der Waals surface area contributed by atoms with Crippen molar-refractivity contribution >= 4 is 0 Å². The van der Waals surface area contributed by atoms with Gasteiger partial charge in [-0.2, -0.15) is 0 Å². The van der Waals surface area contributed by atoms with Crippen LogP contribution in [0.25, 0.3) is 0 Å². The summed E-state index contributed by atoms with van der Waals surface area (Å²) in [5.41, 5.74) is -1.56. The lowest BCUT2D eigenvalue weighted by Crippen LogP contribution is -2.45. The number of benzene rings is 1. The van der Waals surface area contributed by atoms with Crippen LogP contribution >= 0.6 is 0 Å². The van der Waals surface area contributed by atoms with Crippen LogP contribution in [0.15, 0.2) is 54.9 Å². The van der Waals surface area contributed by atoms with Gasteiger partial charge in [-0.1, -0.05) is 36.4 Å². The van der Waals surface area contributed by atoms with Crippen molar-refractivity contribution < 1.29 is 10.2 Å². The van der Waals surface area contributed by atoms with Gasteiger partial charge >= 0.3 is 0 Å². The Labute approximate surface area is 107 Å². The Hall–Kier alpha value is -1.71. The van der Waals surface area contributed by atoms with Crippen molar-refractivity contribution in [2.45, 2.75) is 25.0 Å². The van der Waals surface area contributed by atoms with E-state index in [9.17, 15) is 10.2 Å². The van der Waals surface area contributed by atoms with Crippen LogP contribution in [-0.4, -0.2) is 15.2 Å². The van der Waals surface area contributed by atoms with Crippen LogP contribution < -0.4 is 0 Å². The second kappa shape index (κ2) is 4.52. The fraction of sp³-hybridized carbons (Fsp3) is 0.267. The van der Waals surface area contributed by atoms with Crippen LogP contribution in [0.5, 0.6) is 0 Å². The van der Waals surface area contributed by atoms with Gasteiger partial charge in [0.2, 0.25) is 0 Å². The molecule has 2 rings (SSSR count). The van der Waals surface area contributed by atoms with Crippen LogP contribution in [0, 0.1) is 0 Å². The Balaban J connectivity index is 2.47. The maximum absolute atomic E-state index is 10.7. The molecule has 0 aliphatic rings. The van der Waals surface area contributed by atoms with Crippen LogP contribution in [0.1, 0.15) is 25.0 Å². The van der Waals surface area contributed by atoms with Crippen molar-refractivity contribution in [1.82, 2.24) is 4.98 Å². The Morgan fingerprint density at radius 1 is 0.833 bits per heavy atom. The second-order valence-electron chi connectivity index (χ2n) is 4.75. The molecule has 1 aromatic heterocycles. The normalized spacial score (nSPS) is 17.8. The van der Waals surface area contributed by atoms with E-state index in [1.54, 1.807) is 50.5 Å². The number of pyridine rings is 1. The highest BCUT2D eigenvalue weighted by Crippen LogP contribution is 2.39. The van der Waals surface area contributed by atoms with E-state index in [-0.39, 0.29) is 0 Å². The number of hydrogen-bond donors (Lipinski definition) is 2. The van der Waals surface area contributed by atoms with Gasteiger partial charge in [0.05, 0.1) is 0 Å². The molecule has 0 radical (unpaired) electrons. The lowest BCUT2D eigenvalue weighted by molar-refractivity contribution is -0.143. The molecule has 0 aliphatic heterocycles. The quantitative estimate of drug-likeness (QED) is 0.869. The van der Waals surface area contributed by atoms with Gasteiger partial charge in [0.1, 0.15) is 11.2 Å². The maximum atomic E-state index is 10.7. The average molecular weight is 243 g/mol. The van der Waals surface area contributed by atoms with Crippen LogP contribution in [0.2, 0.25) is 0 Å². The summed E-state index contributed by atoms with van der Waals surface area (Å²) in [5.74, 6) is 0. The molecule has 0 saturated heterocycles. The Kier molecular flexibility index (Phi) is 3.20. The predicted molar refractivity (Wildman–Crippen MR) is 69.8 cm³/mol. The molecule has 0 spiro atoms. The molecule has 0 aliphatic carbocycles. The zero-order valence-corrected chi connectivity index (χ0v) is 10.5. The summed E-state index contributed by atoms with van der Waals surface area (Å²) in [7, 11) is 0. The number of aromatic nitrogens is 1. The molecule has 0 fully saturated rings. The van der Waals surface area contributed by atoms with E-state index in [4.69, 9.17) is 0 Å². The third kappa shape index (κ3) is 2.03. The summed E-state index contributed by atoms with van der Waals surface area (Å²) in [6.45, 7) is 3.20. The molecule has 2 unspecified atom stereocenters. The number of aliphatic hydroxyl groups is 2. The van der Waals surface area contributed by atoms with Gasteiger partial charge in [-0.15, -0.1) is 0 Å². The van der Waals surface area contributed by atoms with E-state index in [0.29, 0.717) is 11.1 Å². The van der Waals surface area contributed by atoms with E-state index in [0.717, 1.165) is 0 Å². The zero-order valence-electron chi connectivity index (χ0n) is 10.5. The van der Waals surface area contributed by atoms with Gasteiger partial charge in [-0.3, -0.25) is 4.98 Å². The van der Waals surface area contributed by atoms with Gasteiger partial charge in [-0.25, -0.2) is 0 Å². The van der Waals surface area contributed by atoms with Crippen molar-refractivity contribution in [2.75, 3.05) is 0 Å². The van der Waals surface area contributed by atoms with Gasteiger partial charge < -0.3 is 10.2 Å². The Morgan fingerprint density at radius 2 is 1.39 bits per heavy atom. The van der Waals surface area contributed by atoms with Crippen molar-refractivity contribution in [3.63, 3.8) is 0 Å². The SMILES string of the molecule is CC(O)(c1ccccc1)C(C)(O)c1cccnc1. The highest BCUT2D eigenvalue weighted by atomic mass is 16.4. The molecule has 18 heavy (non-hydrogen) atoms. The molecule has 1 aromatic carbocycles. The smallest absolute Gasteiger partial charge is 0.121 e. The molecular weight excluding hydrogens is 226 g/mol. The summed E-state index contributed by atoms with van der Waals surface area (Å²) in [6, 6.07) is 12.6. The molecular formula is C15H17NO2. The lowest BCUT2D eigenvalue weighted by Gasteiger charge is -2.39. The summed E-state index contributed by atoms with van der Waals surface area (Å²) < 4.78 is 0. The van der Waals surface area contributed by atoms with E-state index >= 15 is 0 Å². The minimum Gasteiger partial charge on any atom is -0.382 e. The number of hydrogen-bond acceptors (Lipinski definition) is 3. The Bertz CT molecular complexity index is 457. The molecule has 2 atom stereocenters. The van der Waals surface area contributed by atoms with E-state index in [1.807, 2.05) is 18.2 Å². The maximum Gasteiger partial charge on any atom is 0.121 e. The number of rotatable bonds is 3. The van der Waals surface area contributed by atoms with Crippen LogP contribution in [0.3, 0.4) is 0 Å². The molecule has 94 valence electrons. The lowest BCUT2D eigenvalue weighted by atomic mass is 9.76. The largest absolute Gasteiger partial charge is 0.382 e. The van der Waals surface area contributed by atoms with E-state index < -0.39 is 11.2 Å². The molecule has 0 bridgehead atoms. The monoisotopic (exact) mass is 243 g/mol. The molecule has 2 N–H and O–H groups in total. The van der Waals surface area contributed by atoms with E-state index in [1.165, 1.54) is 0 Å². The molecule has 3 nitrogen and oxygen atoms in total. The topological polar surface area (TPSA) is 53.4 Å². The standard InChI is InChI=1S/C15H17NO2/c1-14(17,12-7-4-3-5-8-12)15(2,18)13-9-6-10-16-11-13/h3-11,17-18H,1-2H3. The summed E-state index contributed by atoms with van der Waals surface area (Å²) in [5, 5.41) is 21.4. The minimum absolute atomic E-state index is 0.582.